The van der Waals surface area contributed by atoms with Crippen LogP contribution in [0.5, 0.6) is 0 Å². The fraction of sp³-hybridized carbons (Fsp3) is 0.364. The van der Waals surface area contributed by atoms with Gasteiger partial charge in [-0.3, -0.25) is 14.5 Å². The minimum atomic E-state index is -3.65. The smallest absolute Gasteiger partial charge is 0.243 e. The van der Waals surface area contributed by atoms with E-state index in [1.165, 1.54) is 34.3 Å². The standard InChI is InChI=1S/C22H26FN3O4S/c1-4-25(5-2)31(29,30)19-10-11-20-17(12-19)13-21(26(20)15(3)27)22(28)24-14-16-6-8-18(23)9-7-16/h6-12,21H,4-5,13-14H2,1-3H3,(H,24,28)/t21-/m0/s1. The van der Waals surface area contributed by atoms with Gasteiger partial charge in [0.2, 0.25) is 21.8 Å². The summed E-state index contributed by atoms with van der Waals surface area (Å²) in [5.74, 6) is -1.02. The van der Waals surface area contributed by atoms with E-state index in [4.69, 9.17) is 0 Å². The fourth-order valence-corrected chi connectivity index (χ4v) is 5.32. The molecule has 0 spiro atoms. The summed E-state index contributed by atoms with van der Waals surface area (Å²) in [7, 11) is -3.65. The van der Waals surface area contributed by atoms with Gasteiger partial charge in [0.15, 0.2) is 0 Å². The van der Waals surface area contributed by atoms with Gasteiger partial charge in [-0.2, -0.15) is 4.31 Å². The van der Waals surface area contributed by atoms with E-state index >= 15 is 0 Å². The summed E-state index contributed by atoms with van der Waals surface area (Å²) < 4.78 is 40.1. The Labute approximate surface area is 181 Å². The molecule has 2 amide bonds. The third-order valence-electron chi connectivity index (χ3n) is 5.40. The van der Waals surface area contributed by atoms with E-state index in [0.29, 0.717) is 24.3 Å². The zero-order chi connectivity index (χ0) is 22.8. The van der Waals surface area contributed by atoms with Crippen LogP contribution in [0.25, 0.3) is 0 Å². The van der Waals surface area contributed by atoms with E-state index in [9.17, 15) is 22.4 Å². The normalized spacial score (nSPS) is 15.8. The molecule has 2 aromatic rings. The number of halogens is 1. The lowest BCUT2D eigenvalue weighted by Gasteiger charge is -2.23. The minimum absolute atomic E-state index is 0.144. The molecular weight excluding hydrogens is 421 g/mol. The van der Waals surface area contributed by atoms with Gasteiger partial charge >= 0.3 is 0 Å². The van der Waals surface area contributed by atoms with Crippen LogP contribution in [0.15, 0.2) is 47.4 Å². The minimum Gasteiger partial charge on any atom is -0.350 e. The number of fused-ring (bicyclic) bond motifs is 1. The van der Waals surface area contributed by atoms with E-state index in [1.54, 1.807) is 38.1 Å². The average molecular weight is 448 g/mol. The maximum absolute atomic E-state index is 13.1. The molecule has 0 unspecified atom stereocenters. The van der Waals surface area contributed by atoms with Crippen molar-refractivity contribution in [2.45, 2.75) is 44.7 Å². The largest absolute Gasteiger partial charge is 0.350 e. The van der Waals surface area contributed by atoms with Crippen molar-refractivity contribution in [1.29, 1.82) is 0 Å². The monoisotopic (exact) mass is 447 g/mol. The molecule has 0 saturated heterocycles. The lowest BCUT2D eigenvalue weighted by atomic mass is 10.1. The van der Waals surface area contributed by atoms with Crippen LogP contribution in [0.4, 0.5) is 10.1 Å². The van der Waals surface area contributed by atoms with Crippen molar-refractivity contribution in [2.75, 3.05) is 18.0 Å². The summed E-state index contributed by atoms with van der Waals surface area (Å²) in [5, 5.41) is 2.78. The number of nitrogens with zero attached hydrogens (tertiary/aromatic N) is 2. The number of rotatable bonds is 7. The lowest BCUT2D eigenvalue weighted by molar-refractivity contribution is -0.125. The molecule has 1 N–H and O–H groups in total. The first kappa shape index (κ1) is 22.9. The molecule has 1 aliphatic heterocycles. The second-order valence-corrected chi connectivity index (χ2v) is 9.27. The van der Waals surface area contributed by atoms with Gasteiger partial charge in [0.25, 0.3) is 0 Å². The number of hydrogen-bond donors (Lipinski definition) is 1. The summed E-state index contributed by atoms with van der Waals surface area (Å²) >= 11 is 0. The summed E-state index contributed by atoms with van der Waals surface area (Å²) in [6, 6.07) is 9.60. The van der Waals surface area contributed by atoms with Crippen LogP contribution in [-0.4, -0.2) is 43.7 Å². The first-order chi connectivity index (χ1) is 14.7. The second kappa shape index (κ2) is 9.15. The van der Waals surface area contributed by atoms with Crippen molar-refractivity contribution in [3.63, 3.8) is 0 Å². The second-order valence-electron chi connectivity index (χ2n) is 7.33. The highest BCUT2D eigenvalue weighted by molar-refractivity contribution is 7.89. The molecule has 31 heavy (non-hydrogen) atoms. The van der Waals surface area contributed by atoms with Crippen molar-refractivity contribution in [2.24, 2.45) is 0 Å². The topological polar surface area (TPSA) is 86.8 Å². The number of hydrogen-bond acceptors (Lipinski definition) is 4. The molecule has 9 heteroatoms. The summed E-state index contributed by atoms with van der Waals surface area (Å²) in [6.07, 6.45) is 0.214. The molecule has 0 aromatic heterocycles. The molecule has 1 aliphatic rings. The Bertz CT molecular complexity index is 1080. The van der Waals surface area contributed by atoms with Crippen LogP contribution in [0.3, 0.4) is 0 Å². The zero-order valence-electron chi connectivity index (χ0n) is 17.8. The molecule has 0 fully saturated rings. The fourth-order valence-electron chi connectivity index (χ4n) is 3.81. The number of benzene rings is 2. The zero-order valence-corrected chi connectivity index (χ0v) is 18.6. The van der Waals surface area contributed by atoms with Crippen molar-refractivity contribution in [1.82, 2.24) is 9.62 Å². The number of sulfonamides is 1. The van der Waals surface area contributed by atoms with Gasteiger partial charge in [-0.05, 0) is 41.5 Å². The highest BCUT2D eigenvalue weighted by Crippen LogP contribution is 2.35. The predicted molar refractivity (Wildman–Crippen MR) is 115 cm³/mol. The average Bonchev–Trinajstić information content (AvgIpc) is 3.13. The van der Waals surface area contributed by atoms with Crippen LogP contribution in [-0.2, 0) is 32.6 Å². The highest BCUT2D eigenvalue weighted by atomic mass is 32.2. The molecule has 0 radical (unpaired) electrons. The van der Waals surface area contributed by atoms with Crippen molar-refractivity contribution in [3.05, 3.63) is 59.4 Å². The van der Waals surface area contributed by atoms with Gasteiger partial charge < -0.3 is 5.32 Å². The Morgan fingerprint density at radius 1 is 1.13 bits per heavy atom. The molecule has 1 heterocycles. The maximum Gasteiger partial charge on any atom is 0.243 e. The van der Waals surface area contributed by atoms with Crippen LogP contribution in [0.1, 0.15) is 31.9 Å². The first-order valence-electron chi connectivity index (χ1n) is 10.1. The molecule has 0 aliphatic carbocycles. The van der Waals surface area contributed by atoms with Gasteiger partial charge in [0, 0.05) is 38.7 Å². The molecule has 2 aromatic carbocycles. The Morgan fingerprint density at radius 3 is 2.35 bits per heavy atom. The van der Waals surface area contributed by atoms with E-state index in [-0.39, 0.29) is 35.5 Å². The maximum atomic E-state index is 13.1. The molecule has 166 valence electrons. The van der Waals surface area contributed by atoms with Gasteiger partial charge in [0.05, 0.1) is 4.90 Å². The van der Waals surface area contributed by atoms with Crippen molar-refractivity contribution >= 4 is 27.5 Å². The Balaban J connectivity index is 1.83. The van der Waals surface area contributed by atoms with Gasteiger partial charge in [0.1, 0.15) is 11.9 Å². The van der Waals surface area contributed by atoms with Crippen LogP contribution in [0.2, 0.25) is 0 Å². The van der Waals surface area contributed by atoms with E-state index in [0.717, 1.165) is 5.56 Å². The number of nitrogens with one attached hydrogen (secondary N) is 1. The quantitative estimate of drug-likeness (QED) is 0.706. The number of carbonyl (C=O) groups excluding carboxylic acids is 2. The van der Waals surface area contributed by atoms with Crippen LogP contribution in [0, 0.1) is 5.82 Å². The lowest BCUT2D eigenvalue weighted by Crippen LogP contribution is -2.47. The van der Waals surface area contributed by atoms with E-state index < -0.39 is 16.1 Å². The Morgan fingerprint density at radius 2 is 1.77 bits per heavy atom. The van der Waals surface area contributed by atoms with Gasteiger partial charge in [-0.1, -0.05) is 26.0 Å². The SMILES string of the molecule is CCN(CC)S(=O)(=O)c1ccc2c(c1)C[C@@H](C(=O)NCc1ccc(F)cc1)N2C(C)=O. The number of anilines is 1. The molecule has 0 saturated carbocycles. The number of amides is 2. The molecule has 1 atom stereocenters. The number of carbonyl (C=O) groups is 2. The third-order valence-corrected chi connectivity index (χ3v) is 7.45. The molecule has 3 rings (SSSR count). The van der Waals surface area contributed by atoms with Gasteiger partial charge in [-0.15, -0.1) is 0 Å². The van der Waals surface area contributed by atoms with E-state index in [1.807, 2.05) is 0 Å². The Hall–Kier alpha value is -2.78. The summed E-state index contributed by atoms with van der Waals surface area (Å²) in [6.45, 7) is 5.81. The summed E-state index contributed by atoms with van der Waals surface area (Å²) in [4.78, 5) is 26.7. The van der Waals surface area contributed by atoms with Crippen LogP contribution >= 0.6 is 0 Å². The van der Waals surface area contributed by atoms with Crippen molar-refractivity contribution < 1.29 is 22.4 Å². The molecular formula is C22H26FN3O4S. The molecule has 7 nitrogen and oxygen atoms in total. The van der Waals surface area contributed by atoms with Crippen molar-refractivity contribution in [3.8, 4) is 0 Å². The first-order valence-corrected chi connectivity index (χ1v) is 11.6. The van der Waals surface area contributed by atoms with E-state index in [2.05, 4.69) is 5.32 Å². The predicted octanol–water partition coefficient (Wildman–Crippen LogP) is 2.45. The summed E-state index contributed by atoms with van der Waals surface area (Å²) in [5.41, 5.74) is 1.89. The van der Waals surface area contributed by atoms with Gasteiger partial charge in [-0.25, -0.2) is 12.8 Å². The van der Waals surface area contributed by atoms with Crippen LogP contribution < -0.4 is 10.2 Å². The molecule has 0 bridgehead atoms. The highest BCUT2D eigenvalue weighted by Gasteiger charge is 2.37. The third kappa shape index (κ3) is 4.62. The Kier molecular flexibility index (Phi) is 6.76.